The summed E-state index contributed by atoms with van der Waals surface area (Å²) in [5.74, 6) is -0.0602. The Labute approximate surface area is 105 Å². The fourth-order valence-electron chi connectivity index (χ4n) is 1.75. The summed E-state index contributed by atoms with van der Waals surface area (Å²) < 4.78 is 0. The summed E-state index contributed by atoms with van der Waals surface area (Å²) in [6.07, 6.45) is 0. The van der Waals surface area contributed by atoms with E-state index in [1.54, 1.807) is 0 Å². The van der Waals surface area contributed by atoms with Crippen LogP contribution in [0.15, 0.2) is 28.2 Å². The lowest BCUT2D eigenvalue weighted by molar-refractivity contribution is 0.725. The van der Waals surface area contributed by atoms with Crippen LogP contribution < -0.4 is 27.8 Å². The molecule has 1 aromatic rings. The first-order chi connectivity index (χ1) is 8.65. The minimum Gasteiger partial charge on any atom is -0.383 e. The Kier molecular flexibility index (Phi) is 3.63. The Morgan fingerprint density at radius 3 is 2.78 bits per heavy atom. The van der Waals surface area contributed by atoms with Crippen molar-refractivity contribution in [2.45, 2.75) is 6.54 Å². The van der Waals surface area contributed by atoms with Crippen molar-refractivity contribution < 1.29 is 0 Å². The molecule has 0 unspecified atom stereocenters. The maximum Gasteiger partial charge on any atom is 0.223 e. The zero-order valence-corrected chi connectivity index (χ0v) is 9.98. The first-order valence-electron chi connectivity index (χ1n) is 5.66. The molecule has 0 atom stereocenters. The van der Waals surface area contributed by atoms with Gasteiger partial charge in [0.15, 0.2) is 5.96 Å². The zero-order chi connectivity index (χ0) is 13.0. The number of rotatable bonds is 1. The summed E-state index contributed by atoms with van der Waals surface area (Å²) in [6, 6.07) is 5.81. The van der Waals surface area contributed by atoms with Gasteiger partial charge < -0.3 is 27.8 Å². The second-order valence-electron chi connectivity index (χ2n) is 3.95. The van der Waals surface area contributed by atoms with Gasteiger partial charge in [-0.3, -0.25) is 0 Å². The van der Waals surface area contributed by atoms with E-state index in [1.807, 2.05) is 18.2 Å². The molecule has 1 aromatic carbocycles. The predicted octanol–water partition coefficient (Wildman–Crippen LogP) is -0.579. The first-order valence-corrected chi connectivity index (χ1v) is 5.66. The Hall–Kier alpha value is -2.28. The van der Waals surface area contributed by atoms with E-state index in [4.69, 9.17) is 17.2 Å². The molecule has 2 rings (SSSR count). The SMILES string of the molecule is NC(N)=NC(N)=Nc1ccc2c(c1)NCCNC2. The van der Waals surface area contributed by atoms with Crippen molar-refractivity contribution in [3.63, 3.8) is 0 Å². The molecule has 1 aliphatic rings. The quantitative estimate of drug-likeness (QED) is 0.335. The fourth-order valence-corrected chi connectivity index (χ4v) is 1.75. The van der Waals surface area contributed by atoms with Crippen LogP contribution in [0.3, 0.4) is 0 Å². The van der Waals surface area contributed by atoms with Crippen molar-refractivity contribution in [3.05, 3.63) is 23.8 Å². The molecule has 0 saturated carbocycles. The maximum absolute atomic E-state index is 5.58. The Bertz CT molecular complexity index is 488. The molecule has 96 valence electrons. The van der Waals surface area contributed by atoms with Gasteiger partial charge in [0.25, 0.3) is 0 Å². The van der Waals surface area contributed by atoms with Crippen LogP contribution in [0.5, 0.6) is 0 Å². The van der Waals surface area contributed by atoms with Gasteiger partial charge in [0, 0.05) is 25.3 Å². The lowest BCUT2D eigenvalue weighted by Gasteiger charge is -2.07. The maximum atomic E-state index is 5.58. The highest BCUT2D eigenvalue weighted by molar-refractivity contribution is 5.93. The van der Waals surface area contributed by atoms with Crippen molar-refractivity contribution in [2.75, 3.05) is 18.4 Å². The highest BCUT2D eigenvalue weighted by atomic mass is 15.1. The summed E-state index contributed by atoms with van der Waals surface area (Å²) >= 11 is 0. The van der Waals surface area contributed by atoms with Gasteiger partial charge in [-0.2, -0.15) is 4.99 Å². The number of aliphatic imine (C=N–C) groups is 2. The molecular formula is C11H17N7. The predicted molar refractivity (Wildman–Crippen MR) is 73.7 cm³/mol. The summed E-state index contributed by atoms with van der Waals surface area (Å²) in [5.41, 5.74) is 19.0. The van der Waals surface area contributed by atoms with E-state index in [0.717, 1.165) is 25.3 Å². The molecule has 0 fully saturated rings. The van der Waals surface area contributed by atoms with Crippen LogP contribution in [0.1, 0.15) is 5.56 Å². The van der Waals surface area contributed by atoms with Gasteiger partial charge in [0.05, 0.1) is 5.69 Å². The summed E-state index contributed by atoms with van der Waals surface area (Å²) in [6.45, 7) is 2.66. The number of hydrogen-bond acceptors (Lipinski definition) is 3. The molecule has 0 radical (unpaired) electrons. The van der Waals surface area contributed by atoms with Crippen molar-refractivity contribution in [3.8, 4) is 0 Å². The van der Waals surface area contributed by atoms with Gasteiger partial charge in [0.2, 0.25) is 5.96 Å². The lowest BCUT2D eigenvalue weighted by atomic mass is 10.1. The Morgan fingerprint density at radius 1 is 1.17 bits per heavy atom. The van der Waals surface area contributed by atoms with E-state index in [1.165, 1.54) is 5.56 Å². The highest BCUT2D eigenvalue weighted by Crippen LogP contribution is 2.23. The van der Waals surface area contributed by atoms with E-state index in [0.29, 0.717) is 5.69 Å². The number of benzene rings is 1. The summed E-state index contributed by atoms with van der Waals surface area (Å²) in [4.78, 5) is 7.79. The van der Waals surface area contributed by atoms with Crippen molar-refractivity contribution >= 4 is 23.3 Å². The minimum atomic E-state index is -0.103. The fraction of sp³-hybridized carbons (Fsp3) is 0.273. The van der Waals surface area contributed by atoms with E-state index in [-0.39, 0.29) is 11.9 Å². The lowest BCUT2D eigenvalue weighted by Crippen LogP contribution is -2.26. The average Bonchev–Trinajstić information content (AvgIpc) is 2.52. The van der Waals surface area contributed by atoms with Crippen LogP contribution in [-0.2, 0) is 6.54 Å². The molecule has 0 saturated heterocycles. The van der Waals surface area contributed by atoms with Crippen LogP contribution in [0.2, 0.25) is 0 Å². The molecule has 0 amide bonds. The number of nitrogens with two attached hydrogens (primary N) is 3. The minimum absolute atomic E-state index is 0.0432. The third-order valence-corrected chi connectivity index (χ3v) is 2.51. The van der Waals surface area contributed by atoms with Gasteiger partial charge in [-0.25, -0.2) is 4.99 Å². The molecule has 0 aromatic heterocycles. The normalized spacial score (nSPS) is 15.2. The standard InChI is InChI=1S/C11H17N7/c12-10(13)18-11(14)17-8-2-1-7-6-15-3-4-16-9(7)5-8/h1-2,5,15-16H,3-4,6H2,(H6,12,13,14,17,18). The second kappa shape index (κ2) is 5.37. The molecule has 7 heteroatoms. The van der Waals surface area contributed by atoms with Crippen LogP contribution in [0, 0.1) is 0 Å². The second-order valence-corrected chi connectivity index (χ2v) is 3.95. The monoisotopic (exact) mass is 247 g/mol. The number of hydrogen-bond donors (Lipinski definition) is 5. The third-order valence-electron chi connectivity index (χ3n) is 2.51. The Morgan fingerprint density at radius 2 is 2.00 bits per heavy atom. The molecular weight excluding hydrogens is 230 g/mol. The third kappa shape index (κ3) is 3.11. The zero-order valence-electron chi connectivity index (χ0n) is 9.98. The van der Waals surface area contributed by atoms with Crippen LogP contribution >= 0.6 is 0 Å². The van der Waals surface area contributed by atoms with Gasteiger partial charge in [-0.05, 0) is 17.7 Å². The number of fused-ring (bicyclic) bond motifs is 1. The van der Waals surface area contributed by atoms with Crippen LogP contribution in [0.25, 0.3) is 0 Å². The van der Waals surface area contributed by atoms with Gasteiger partial charge in [-0.1, -0.05) is 6.07 Å². The van der Waals surface area contributed by atoms with E-state index in [9.17, 15) is 0 Å². The molecule has 1 aliphatic heterocycles. The largest absolute Gasteiger partial charge is 0.383 e. The van der Waals surface area contributed by atoms with Gasteiger partial charge in [0.1, 0.15) is 0 Å². The van der Waals surface area contributed by atoms with Crippen molar-refractivity contribution in [2.24, 2.45) is 27.2 Å². The number of nitrogens with zero attached hydrogens (tertiary/aromatic N) is 2. The molecule has 8 N–H and O–H groups in total. The first kappa shape index (κ1) is 12.2. The van der Waals surface area contributed by atoms with Gasteiger partial charge >= 0.3 is 0 Å². The molecule has 0 aliphatic carbocycles. The summed E-state index contributed by atoms with van der Waals surface area (Å²) in [7, 11) is 0. The number of nitrogens with one attached hydrogen (secondary N) is 2. The van der Waals surface area contributed by atoms with Crippen LogP contribution in [-0.4, -0.2) is 25.0 Å². The molecule has 18 heavy (non-hydrogen) atoms. The number of guanidine groups is 2. The van der Waals surface area contributed by atoms with Crippen molar-refractivity contribution in [1.29, 1.82) is 0 Å². The molecule has 0 bridgehead atoms. The van der Waals surface area contributed by atoms with Crippen molar-refractivity contribution in [1.82, 2.24) is 5.32 Å². The highest BCUT2D eigenvalue weighted by Gasteiger charge is 2.07. The van der Waals surface area contributed by atoms with E-state index >= 15 is 0 Å². The molecule has 0 spiro atoms. The molecule has 7 nitrogen and oxygen atoms in total. The van der Waals surface area contributed by atoms with Gasteiger partial charge in [-0.15, -0.1) is 0 Å². The van der Waals surface area contributed by atoms with E-state index in [2.05, 4.69) is 20.6 Å². The smallest absolute Gasteiger partial charge is 0.223 e. The topological polar surface area (TPSA) is 127 Å². The van der Waals surface area contributed by atoms with Crippen LogP contribution in [0.4, 0.5) is 11.4 Å². The van der Waals surface area contributed by atoms with E-state index < -0.39 is 0 Å². The molecule has 1 heterocycles. The number of anilines is 1. The average molecular weight is 247 g/mol. The summed E-state index contributed by atoms with van der Waals surface area (Å²) in [5, 5.41) is 6.63. The Balaban J connectivity index is 2.25.